The molecule has 0 aliphatic heterocycles. The minimum atomic E-state index is 0.212. The van der Waals surface area contributed by atoms with Crippen molar-refractivity contribution in [3.8, 4) is 0 Å². The Kier molecular flexibility index (Phi) is 34.0. The fraction of sp³-hybridized carbons (Fsp3) is 0.443. The lowest BCUT2D eigenvalue weighted by Gasteiger charge is -2.21. The van der Waals surface area contributed by atoms with Crippen molar-refractivity contribution in [2.24, 2.45) is 5.92 Å². The molecule has 10 rings (SSSR count). The van der Waals surface area contributed by atoms with Gasteiger partial charge in [-0.2, -0.15) is 0 Å². The minimum Gasteiger partial charge on any atom is -0.294 e. The van der Waals surface area contributed by atoms with E-state index >= 15 is 0 Å². The highest BCUT2D eigenvalue weighted by Gasteiger charge is 2.25. The van der Waals surface area contributed by atoms with E-state index in [9.17, 15) is 14.4 Å². The van der Waals surface area contributed by atoms with Gasteiger partial charge in [-0.1, -0.05) is 229 Å². The number of rotatable bonds is 3. The van der Waals surface area contributed by atoms with Gasteiger partial charge < -0.3 is 0 Å². The lowest BCUT2D eigenvalue weighted by molar-refractivity contribution is 0.0897. The summed E-state index contributed by atoms with van der Waals surface area (Å²) in [5, 5.41) is 0. The fourth-order valence-electron chi connectivity index (χ4n) is 9.84. The number of fused-ring (bicyclic) bond motifs is 5. The van der Waals surface area contributed by atoms with Crippen LogP contribution in [0.1, 0.15) is 239 Å². The normalized spacial score (nSPS) is 15.6. The molecule has 3 heteroatoms. The second kappa shape index (κ2) is 38.0. The number of carbonyl (C=O) groups is 3. The molecule has 3 nitrogen and oxygen atoms in total. The van der Waals surface area contributed by atoms with Crippen molar-refractivity contribution in [3.63, 3.8) is 0 Å². The molecule has 0 N–H and O–H groups in total. The Morgan fingerprint density at radius 2 is 0.767 bits per heavy atom. The van der Waals surface area contributed by atoms with Crippen molar-refractivity contribution in [1.29, 1.82) is 0 Å². The fourth-order valence-corrected chi connectivity index (χ4v) is 9.84. The monoisotopic (exact) mass is 987 g/mol. The van der Waals surface area contributed by atoms with Crippen LogP contribution in [-0.4, -0.2) is 17.3 Å². The maximum atomic E-state index is 11.8. The minimum absolute atomic E-state index is 0.212. The van der Waals surface area contributed by atoms with Crippen LogP contribution in [0.4, 0.5) is 0 Å². The van der Waals surface area contributed by atoms with Gasteiger partial charge in [-0.25, -0.2) is 0 Å². The molecule has 0 saturated heterocycles. The molecular weight excluding hydrogens is 889 g/mol. The van der Waals surface area contributed by atoms with E-state index in [2.05, 4.69) is 89.2 Å². The van der Waals surface area contributed by atoms with Gasteiger partial charge in [0.2, 0.25) is 0 Å². The van der Waals surface area contributed by atoms with Crippen molar-refractivity contribution >= 4 is 28.5 Å². The Labute approximate surface area is 447 Å². The van der Waals surface area contributed by atoms with Gasteiger partial charge >= 0.3 is 0 Å². The maximum Gasteiger partial charge on any atom is 0.188 e. The van der Waals surface area contributed by atoms with E-state index in [4.69, 9.17) is 0 Å². The molecule has 1 unspecified atom stereocenters. The van der Waals surface area contributed by atoms with Crippen LogP contribution in [-0.2, 0) is 32.1 Å². The van der Waals surface area contributed by atoms with Crippen molar-refractivity contribution in [2.75, 3.05) is 0 Å². The first kappa shape index (κ1) is 65.3. The zero-order valence-electron chi connectivity index (χ0n) is 48.8. The number of allylic oxidation sites excluding steroid dienone is 6. The summed E-state index contributed by atoms with van der Waals surface area (Å²) in [6.45, 7) is 33.1. The second-order valence-corrected chi connectivity index (χ2v) is 17.4. The molecule has 0 amide bonds. The molecule has 0 heterocycles. The van der Waals surface area contributed by atoms with Crippen molar-refractivity contribution in [3.05, 3.63) is 200 Å². The third-order valence-electron chi connectivity index (χ3n) is 13.8. The Morgan fingerprint density at radius 3 is 1.18 bits per heavy atom. The van der Waals surface area contributed by atoms with E-state index in [1.807, 2.05) is 149 Å². The summed E-state index contributed by atoms with van der Waals surface area (Å²) in [6, 6.07) is 41.3. The molecule has 5 aromatic carbocycles. The molecule has 73 heavy (non-hydrogen) atoms. The third-order valence-corrected chi connectivity index (χ3v) is 13.8. The van der Waals surface area contributed by atoms with E-state index in [1.54, 1.807) is 11.1 Å². The number of hydrogen-bond donors (Lipinski definition) is 0. The molecule has 0 radical (unpaired) electrons. The average molecular weight is 988 g/mol. The first-order chi connectivity index (χ1) is 35.7. The number of carbonyl (C=O) groups excluding carboxylic acids is 3. The molecule has 0 fully saturated rings. The first-order valence-electron chi connectivity index (χ1n) is 28.7. The van der Waals surface area contributed by atoms with Crippen LogP contribution in [0.3, 0.4) is 0 Å². The Morgan fingerprint density at radius 1 is 0.411 bits per heavy atom. The predicted molar refractivity (Wildman–Crippen MR) is 321 cm³/mol. The highest BCUT2D eigenvalue weighted by molar-refractivity contribution is 6.10. The molecule has 396 valence electrons. The smallest absolute Gasteiger partial charge is 0.188 e. The second-order valence-electron chi connectivity index (χ2n) is 17.4. The summed E-state index contributed by atoms with van der Waals surface area (Å²) < 4.78 is 0. The third kappa shape index (κ3) is 19.3. The van der Waals surface area contributed by atoms with Crippen LogP contribution in [0.15, 0.2) is 144 Å². The van der Waals surface area contributed by atoms with Crippen LogP contribution in [0.5, 0.6) is 0 Å². The summed E-state index contributed by atoms with van der Waals surface area (Å²) in [6.07, 6.45) is 17.1. The van der Waals surface area contributed by atoms with Crippen LogP contribution >= 0.6 is 0 Å². The molecule has 0 saturated carbocycles. The van der Waals surface area contributed by atoms with Gasteiger partial charge in [0.05, 0.1) is 0 Å². The van der Waals surface area contributed by atoms with Crippen LogP contribution < -0.4 is 0 Å². The lowest BCUT2D eigenvalue weighted by Crippen LogP contribution is -2.21. The van der Waals surface area contributed by atoms with E-state index in [-0.39, 0.29) is 11.7 Å². The summed E-state index contributed by atoms with van der Waals surface area (Å²) in [5.74, 6) is 1.15. The lowest BCUT2D eigenvalue weighted by atomic mass is 9.81. The van der Waals surface area contributed by atoms with E-state index < -0.39 is 0 Å². The summed E-state index contributed by atoms with van der Waals surface area (Å²) in [7, 11) is 0. The van der Waals surface area contributed by atoms with E-state index in [0.29, 0.717) is 11.6 Å². The SMILES string of the molecule is CC.CC.CC.CC.CC.CC=C1CCc2ccccc2C1=O.CCC1=C(C)c2ccccc2CC1.CCC1=C(C)c2ccccc2CC1.CCC1CCc2ccccc2C1=O.O=C1CCCc2ccccc21. The zero-order chi connectivity index (χ0) is 54.7. The van der Waals surface area contributed by atoms with Gasteiger partial charge in [0.1, 0.15) is 0 Å². The molecule has 0 spiro atoms. The molecule has 5 aliphatic rings. The number of hydrogen-bond acceptors (Lipinski definition) is 3. The molecule has 5 aliphatic carbocycles. The number of aryl methyl sites for hydroxylation is 5. The number of benzene rings is 5. The first-order valence-corrected chi connectivity index (χ1v) is 28.7. The molecule has 5 aromatic rings. The largest absolute Gasteiger partial charge is 0.294 e. The molecule has 0 aromatic heterocycles. The van der Waals surface area contributed by atoms with Gasteiger partial charge in [-0.05, 0) is 160 Å². The summed E-state index contributed by atoms with van der Waals surface area (Å²) in [4.78, 5) is 34.9. The van der Waals surface area contributed by atoms with Crippen molar-refractivity contribution in [2.45, 2.75) is 201 Å². The Balaban J connectivity index is 0.000000437. The summed E-state index contributed by atoms with van der Waals surface area (Å²) >= 11 is 0. The summed E-state index contributed by atoms with van der Waals surface area (Å²) in [5.41, 5.74) is 19.7. The number of Topliss-reactive ketones (excluding diaryl/α,β-unsaturated/α-hetero) is 3. The highest BCUT2D eigenvalue weighted by atomic mass is 16.1. The standard InChI is InChI=1S/2C13H16.C12H14O.C12H12O.C10H10O.5C2H6/c2*1-3-11-8-9-12-6-4-5-7-13(12)10(11)2;2*1-2-9-7-8-10-5-3-4-6-11(10)12(9)13;11-10-7-3-5-8-4-1-2-6-9(8)10;5*1-2/h2*4-7H,3,8-9H2,1-2H3;3-6,9H,2,7-8H2,1H3;2-6H,7-8H2,1H3;1-2,4,6H,3,5,7H2;5*1-2H3. The maximum absolute atomic E-state index is 11.8. The van der Waals surface area contributed by atoms with Crippen LogP contribution in [0.2, 0.25) is 0 Å². The van der Waals surface area contributed by atoms with Gasteiger partial charge in [-0.15, -0.1) is 0 Å². The topological polar surface area (TPSA) is 51.2 Å². The molecule has 1 atom stereocenters. The molecule has 0 bridgehead atoms. The highest BCUT2D eigenvalue weighted by Crippen LogP contribution is 2.33. The van der Waals surface area contributed by atoms with Gasteiger partial charge in [0.25, 0.3) is 0 Å². The van der Waals surface area contributed by atoms with Gasteiger partial charge in [0, 0.05) is 29.0 Å². The van der Waals surface area contributed by atoms with Gasteiger partial charge in [0.15, 0.2) is 17.3 Å². The van der Waals surface area contributed by atoms with Crippen molar-refractivity contribution < 1.29 is 14.4 Å². The average Bonchev–Trinajstić information content (AvgIpc) is 3.47. The Hall–Kier alpha value is -5.67. The van der Waals surface area contributed by atoms with Crippen molar-refractivity contribution in [1.82, 2.24) is 0 Å². The quantitative estimate of drug-likeness (QED) is 0.169. The van der Waals surface area contributed by atoms with Gasteiger partial charge in [-0.3, -0.25) is 14.4 Å². The van der Waals surface area contributed by atoms with Crippen LogP contribution in [0, 0.1) is 5.92 Å². The predicted octanol–water partition coefficient (Wildman–Crippen LogP) is 20.6. The molecular formula is C70H98O3. The van der Waals surface area contributed by atoms with Crippen LogP contribution in [0.25, 0.3) is 11.1 Å². The number of ketones is 3. The Bertz CT molecular complexity index is 2410. The zero-order valence-corrected chi connectivity index (χ0v) is 48.8. The van der Waals surface area contributed by atoms with E-state index in [0.717, 1.165) is 73.6 Å². The van der Waals surface area contributed by atoms with E-state index in [1.165, 1.54) is 88.6 Å².